The van der Waals surface area contributed by atoms with E-state index in [0.717, 1.165) is 11.5 Å². The molecule has 108 valence electrons. The average molecular weight is 300 g/mol. The van der Waals surface area contributed by atoms with E-state index < -0.39 is 7.25 Å². The van der Waals surface area contributed by atoms with Crippen LogP contribution in [0.3, 0.4) is 0 Å². The summed E-state index contributed by atoms with van der Waals surface area (Å²) in [5, 5.41) is 0.442. The summed E-state index contributed by atoms with van der Waals surface area (Å²) in [5.74, 6) is 0.743. The largest absolute Gasteiger partial charge is 0.673 e. The van der Waals surface area contributed by atoms with Gasteiger partial charge in [0.2, 0.25) is 0 Å². The molecule has 1 aliphatic rings. The van der Waals surface area contributed by atoms with E-state index >= 15 is 0 Å². The Morgan fingerprint density at radius 1 is 1.37 bits per heavy atom. The van der Waals surface area contributed by atoms with Crippen molar-refractivity contribution in [2.24, 2.45) is 0 Å². The highest BCUT2D eigenvalue weighted by molar-refractivity contribution is 6.50. The Morgan fingerprint density at radius 2 is 1.84 bits per heavy atom. The fourth-order valence-electron chi connectivity index (χ4n) is 1.25. The number of methoxy groups -OCH3 is 1. The molecule has 0 aliphatic heterocycles. The molecule has 10 heteroatoms. The predicted molar refractivity (Wildman–Crippen MR) is 65.1 cm³/mol. The standard InChI is InChI=1S/C9H12ClN3O.BF4/c1-13(2)8-4-6(10)7(12-11)5-9(8)14-3;2-1(3,4)5/h4H,5H2,1-3H3;/q;-1. The second-order valence-corrected chi connectivity index (χ2v) is 4.02. The Labute approximate surface area is 113 Å². The van der Waals surface area contributed by atoms with Crippen LogP contribution in [0.25, 0.3) is 5.53 Å². The first kappa shape index (κ1) is 17.5. The van der Waals surface area contributed by atoms with Crippen LogP contribution in [0.4, 0.5) is 17.3 Å². The SMILES string of the molecule is COC1=C(N(C)C)C=C(Cl)C(=[N+]=[N-])C1.F[B-](F)(F)F. The molecule has 1 rings (SSSR count). The van der Waals surface area contributed by atoms with Gasteiger partial charge >= 0.3 is 13.0 Å². The minimum absolute atomic E-state index is 0.413. The molecule has 4 nitrogen and oxygen atoms in total. The predicted octanol–water partition coefficient (Wildman–Crippen LogP) is 2.90. The molecule has 0 amide bonds. The first-order valence-corrected chi connectivity index (χ1v) is 5.38. The molecule has 19 heavy (non-hydrogen) atoms. The van der Waals surface area contributed by atoms with E-state index in [1.54, 1.807) is 13.2 Å². The fourth-order valence-corrected chi connectivity index (χ4v) is 1.46. The van der Waals surface area contributed by atoms with Crippen molar-refractivity contribution in [1.82, 2.24) is 4.90 Å². The van der Waals surface area contributed by atoms with Crippen molar-refractivity contribution in [2.45, 2.75) is 6.42 Å². The van der Waals surface area contributed by atoms with Gasteiger partial charge in [0, 0.05) is 14.1 Å². The molecule has 1 aliphatic carbocycles. The van der Waals surface area contributed by atoms with Gasteiger partial charge in [-0.15, -0.1) is 0 Å². The molecule has 0 atom stereocenters. The molecular formula is C9H12BClF4N3O-. The lowest BCUT2D eigenvalue weighted by Gasteiger charge is -2.20. The monoisotopic (exact) mass is 300 g/mol. The third kappa shape index (κ3) is 6.88. The van der Waals surface area contributed by atoms with Crippen molar-refractivity contribution in [3.8, 4) is 0 Å². The van der Waals surface area contributed by atoms with E-state index in [4.69, 9.17) is 21.9 Å². The summed E-state index contributed by atoms with van der Waals surface area (Å²) >= 11 is 5.90. The van der Waals surface area contributed by atoms with Crippen molar-refractivity contribution >= 4 is 24.6 Å². The molecule has 0 N–H and O–H groups in total. The number of ether oxygens (including phenoxy) is 1. The second kappa shape index (κ2) is 7.20. The molecule has 0 aromatic carbocycles. The van der Waals surface area contributed by atoms with E-state index in [-0.39, 0.29) is 0 Å². The van der Waals surface area contributed by atoms with Crippen LogP contribution < -0.4 is 0 Å². The summed E-state index contributed by atoms with van der Waals surface area (Å²) in [4.78, 5) is 5.00. The average Bonchev–Trinajstić information content (AvgIpc) is 2.26. The second-order valence-electron chi connectivity index (χ2n) is 3.62. The van der Waals surface area contributed by atoms with E-state index in [1.165, 1.54) is 0 Å². The van der Waals surface area contributed by atoms with Crippen LogP contribution in [0.2, 0.25) is 0 Å². The topological polar surface area (TPSA) is 48.9 Å². The molecule has 0 fully saturated rings. The number of rotatable bonds is 2. The van der Waals surface area contributed by atoms with Gasteiger partial charge in [-0.3, -0.25) is 0 Å². The molecule has 0 saturated carbocycles. The van der Waals surface area contributed by atoms with Gasteiger partial charge in [-0.25, -0.2) is 0 Å². The van der Waals surface area contributed by atoms with Crippen LogP contribution in [-0.4, -0.2) is 43.9 Å². The highest BCUT2D eigenvalue weighted by atomic mass is 35.5. The van der Waals surface area contributed by atoms with Crippen molar-refractivity contribution < 1.29 is 26.8 Å². The van der Waals surface area contributed by atoms with Gasteiger partial charge in [-0.05, 0) is 6.08 Å². The molecule has 0 spiro atoms. The highest BCUT2D eigenvalue weighted by Gasteiger charge is 2.25. The van der Waals surface area contributed by atoms with Crippen molar-refractivity contribution in [1.29, 1.82) is 0 Å². The normalized spacial score (nSPS) is 15.2. The van der Waals surface area contributed by atoms with E-state index in [1.807, 2.05) is 19.0 Å². The quantitative estimate of drug-likeness (QED) is 0.341. The summed E-state index contributed by atoms with van der Waals surface area (Å²) < 4.78 is 44.2. The molecule has 0 aromatic rings. The van der Waals surface area contributed by atoms with Gasteiger partial charge < -0.3 is 32.4 Å². The molecule has 0 saturated heterocycles. The van der Waals surface area contributed by atoms with Gasteiger partial charge in [0.15, 0.2) is 0 Å². The molecule has 0 radical (unpaired) electrons. The summed E-state index contributed by atoms with van der Waals surface area (Å²) in [7, 11) is -0.618. The third-order valence-electron chi connectivity index (χ3n) is 2.00. The zero-order chi connectivity index (χ0) is 15.2. The third-order valence-corrected chi connectivity index (χ3v) is 2.33. The van der Waals surface area contributed by atoms with Gasteiger partial charge in [-0.1, -0.05) is 11.6 Å². The summed E-state index contributed by atoms with van der Waals surface area (Å²) in [6.07, 6.45) is 2.13. The van der Waals surface area contributed by atoms with Crippen LogP contribution >= 0.6 is 11.6 Å². The van der Waals surface area contributed by atoms with Crippen LogP contribution in [0.15, 0.2) is 22.6 Å². The van der Waals surface area contributed by atoms with E-state index in [2.05, 4.69) is 4.79 Å². The van der Waals surface area contributed by atoms with Crippen molar-refractivity contribution in [2.75, 3.05) is 21.2 Å². The molecule has 0 unspecified atom stereocenters. The number of halogens is 5. The van der Waals surface area contributed by atoms with Crippen LogP contribution in [0.1, 0.15) is 6.42 Å². The van der Waals surface area contributed by atoms with E-state index in [9.17, 15) is 17.3 Å². The van der Waals surface area contributed by atoms with Crippen molar-refractivity contribution in [3.05, 3.63) is 28.1 Å². The Balaban J connectivity index is 0.000000555. The number of likely N-dealkylation sites (N-methyl/N-ethyl adjacent to an activating group) is 1. The van der Waals surface area contributed by atoms with Gasteiger partial charge in [-0.2, -0.15) is 4.79 Å². The number of hydrogen-bond acceptors (Lipinski definition) is 2. The highest BCUT2D eigenvalue weighted by Crippen LogP contribution is 2.24. The first-order valence-electron chi connectivity index (χ1n) is 5.00. The Kier molecular flexibility index (Phi) is 6.65. The smallest absolute Gasteiger partial charge is 0.498 e. The van der Waals surface area contributed by atoms with Crippen LogP contribution in [-0.2, 0) is 4.74 Å². The molecule has 0 heterocycles. The lowest BCUT2D eigenvalue weighted by atomic mass is 10.1. The zero-order valence-electron chi connectivity index (χ0n) is 10.5. The lowest BCUT2D eigenvalue weighted by Crippen LogP contribution is -2.19. The number of allylic oxidation sites excluding steroid dienone is 3. The van der Waals surface area contributed by atoms with Crippen LogP contribution in [0.5, 0.6) is 0 Å². The maximum Gasteiger partial charge on any atom is 0.673 e. The Bertz CT molecular complexity index is 435. The Morgan fingerprint density at radius 3 is 2.16 bits per heavy atom. The van der Waals surface area contributed by atoms with Crippen molar-refractivity contribution in [3.63, 3.8) is 0 Å². The first-order chi connectivity index (χ1) is 8.60. The number of nitrogens with zero attached hydrogens (tertiary/aromatic N) is 3. The summed E-state index contributed by atoms with van der Waals surface area (Å²) in [6.45, 7) is 0. The van der Waals surface area contributed by atoms with E-state index in [0.29, 0.717) is 17.2 Å². The zero-order valence-corrected chi connectivity index (χ0v) is 11.3. The minimum atomic E-state index is -6.00. The summed E-state index contributed by atoms with van der Waals surface area (Å²) in [6, 6.07) is 0. The molecule has 0 aromatic heterocycles. The maximum atomic E-state index is 9.75. The maximum absolute atomic E-state index is 9.75. The fraction of sp³-hybridized carbons (Fsp3) is 0.444. The van der Waals surface area contributed by atoms with Gasteiger partial charge in [0.05, 0.1) is 12.8 Å². The van der Waals surface area contributed by atoms with Gasteiger partial charge in [0.25, 0.3) is 0 Å². The minimum Gasteiger partial charge on any atom is -0.498 e. The van der Waals surface area contributed by atoms with Gasteiger partial charge in [0.1, 0.15) is 17.2 Å². The summed E-state index contributed by atoms with van der Waals surface area (Å²) in [5.41, 5.74) is 9.99. The Hall–Kier alpha value is -1.47. The molecule has 0 bridgehead atoms. The number of hydrogen-bond donors (Lipinski definition) is 0. The lowest BCUT2D eigenvalue weighted by molar-refractivity contribution is -0.00721. The van der Waals surface area contributed by atoms with Crippen LogP contribution in [0, 0.1) is 0 Å². The molecular weight excluding hydrogens is 288 g/mol.